The maximum Gasteiger partial charge on any atom is 0.308 e. The van der Waals surface area contributed by atoms with Crippen LogP contribution in [0, 0.1) is 5.92 Å². The first kappa shape index (κ1) is 14.5. The van der Waals surface area contributed by atoms with Gasteiger partial charge in [-0.25, -0.2) is 8.42 Å². The highest BCUT2D eigenvalue weighted by atomic mass is 32.2. The van der Waals surface area contributed by atoms with Gasteiger partial charge in [-0.1, -0.05) is 6.92 Å². The Labute approximate surface area is 116 Å². The number of carboxylic acids is 1. The monoisotopic (exact) mass is 303 g/mol. The predicted molar refractivity (Wildman–Crippen MR) is 72.8 cm³/mol. The Balaban J connectivity index is 2.15. The second-order valence-electron chi connectivity index (χ2n) is 4.88. The first-order valence-electron chi connectivity index (χ1n) is 6.20. The van der Waals surface area contributed by atoms with E-state index in [0.29, 0.717) is 23.9 Å². The zero-order valence-corrected chi connectivity index (χ0v) is 12.3. The standard InChI is InChI=1S/C12H17NO4S2/c1-9-4-6-13(7-5-9)19(16,17)12-3-2-10(18-12)8-11(14)15/h2-3,9H,4-8H2,1H3,(H,14,15). The molecule has 1 aliphatic rings. The van der Waals surface area contributed by atoms with Gasteiger partial charge >= 0.3 is 5.97 Å². The third-order valence-corrected chi connectivity index (χ3v) is 6.75. The highest BCUT2D eigenvalue weighted by molar-refractivity contribution is 7.91. The third kappa shape index (κ3) is 3.34. The Bertz CT molecular complexity index is 556. The van der Waals surface area contributed by atoms with Crippen LogP contribution in [0.4, 0.5) is 0 Å². The van der Waals surface area contributed by atoms with Crippen LogP contribution in [0.2, 0.25) is 0 Å². The predicted octanol–water partition coefficient (Wildman–Crippen LogP) is 1.80. The van der Waals surface area contributed by atoms with Crippen LogP contribution < -0.4 is 0 Å². The molecule has 1 aromatic heterocycles. The molecule has 2 rings (SSSR count). The summed E-state index contributed by atoms with van der Waals surface area (Å²) in [5, 5.41) is 8.70. The summed E-state index contributed by atoms with van der Waals surface area (Å²) in [4.78, 5) is 11.2. The fourth-order valence-electron chi connectivity index (χ4n) is 2.09. The lowest BCUT2D eigenvalue weighted by Gasteiger charge is -2.28. The second-order valence-corrected chi connectivity index (χ2v) is 8.21. The first-order valence-corrected chi connectivity index (χ1v) is 8.46. The Morgan fingerprint density at radius 1 is 1.42 bits per heavy atom. The molecule has 7 heteroatoms. The minimum absolute atomic E-state index is 0.128. The molecule has 1 aromatic rings. The quantitative estimate of drug-likeness (QED) is 0.920. The average molecular weight is 303 g/mol. The Hall–Kier alpha value is -0.920. The minimum atomic E-state index is -3.44. The summed E-state index contributed by atoms with van der Waals surface area (Å²) in [6, 6.07) is 3.09. The van der Waals surface area contributed by atoms with Gasteiger partial charge in [0, 0.05) is 18.0 Å². The molecule has 1 fully saturated rings. The van der Waals surface area contributed by atoms with Crippen molar-refractivity contribution in [3.63, 3.8) is 0 Å². The van der Waals surface area contributed by atoms with Gasteiger partial charge in [-0.05, 0) is 30.9 Å². The molecule has 1 aliphatic heterocycles. The van der Waals surface area contributed by atoms with Crippen molar-refractivity contribution in [2.75, 3.05) is 13.1 Å². The van der Waals surface area contributed by atoms with E-state index < -0.39 is 16.0 Å². The van der Waals surface area contributed by atoms with E-state index in [9.17, 15) is 13.2 Å². The average Bonchev–Trinajstić information content (AvgIpc) is 2.78. The van der Waals surface area contributed by atoms with Crippen LogP contribution in [0.5, 0.6) is 0 Å². The van der Waals surface area contributed by atoms with Crippen LogP contribution in [0.25, 0.3) is 0 Å². The maximum absolute atomic E-state index is 12.4. The number of carbonyl (C=O) groups is 1. The van der Waals surface area contributed by atoms with Crippen molar-refractivity contribution >= 4 is 27.3 Å². The van der Waals surface area contributed by atoms with E-state index in [-0.39, 0.29) is 10.6 Å². The number of nitrogens with zero attached hydrogens (tertiary/aromatic N) is 1. The maximum atomic E-state index is 12.4. The Morgan fingerprint density at radius 3 is 2.63 bits per heavy atom. The summed E-state index contributed by atoms with van der Waals surface area (Å²) in [5.74, 6) is -0.380. The van der Waals surface area contributed by atoms with Gasteiger partial charge in [-0.2, -0.15) is 4.31 Å². The fourth-order valence-corrected chi connectivity index (χ4v) is 5.06. The van der Waals surface area contributed by atoms with Gasteiger partial charge in [-0.3, -0.25) is 4.79 Å². The van der Waals surface area contributed by atoms with Crippen LogP contribution >= 0.6 is 11.3 Å². The third-order valence-electron chi connectivity index (χ3n) is 3.30. The molecule has 0 bridgehead atoms. The molecule has 0 amide bonds. The summed E-state index contributed by atoms with van der Waals surface area (Å²) in [6.45, 7) is 3.23. The number of sulfonamides is 1. The van der Waals surface area contributed by atoms with E-state index in [1.807, 2.05) is 0 Å². The zero-order valence-electron chi connectivity index (χ0n) is 10.7. The molecule has 2 heterocycles. The van der Waals surface area contributed by atoms with E-state index in [4.69, 9.17) is 5.11 Å². The number of aliphatic carboxylic acids is 1. The number of piperidine rings is 1. The highest BCUT2D eigenvalue weighted by Gasteiger charge is 2.29. The molecule has 106 valence electrons. The molecular weight excluding hydrogens is 286 g/mol. The Morgan fingerprint density at radius 2 is 2.05 bits per heavy atom. The molecule has 0 aliphatic carbocycles. The number of carboxylic acid groups (broad SMARTS) is 1. The van der Waals surface area contributed by atoms with Gasteiger partial charge in [0.05, 0.1) is 6.42 Å². The topological polar surface area (TPSA) is 74.7 Å². The van der Waals surface area contributed by atoms with Crippen LogP contribution in [0.15, 0.2) is 16.3 Å². The van der Waals surface area contributed by atoms with Crippen molar-refractivity contribution < 1.29 is 18.3 Å². The largest absolute Gasteiger partial charge is 0.481 e. The first-order chi connectivity index (χ1) is 8.89. The Kier molecular flexibility index (Phi) is 4.27. The molecule has 19 heavy (non-hydrogen) atoms. The van der Waals surface area contributed by atoms with Gasteiger partial charge in [-0.15, -0.1) is 11.3 Å². The summed E-state index contributed by atoms with van der Waals surface area (Å²) in [6.07, 6.45) is 1.64. The fraction of sp³-hybridized carbons (Fsp3) is 0.583. The van der Waals surface area contributed by atoms with E-state index in [2.05, 4.69) is 6.92 Å². The molecule has 1 N–H and O–H groups in total. The van der Waals surface area contributed by atoms with E-state index in [1.165, 1.54) is 10.4 Å². The van der Waals surface area contributed by atoms with Crippen molar-refractivity contribution in [2.24, 2.45) is 5.92 Å². The van der Waals surface area contributed by atoms with Gasteiger partial charge in [0.15, 0.2) is 0 Å². The lowest BCUT2D eigenvalue weighted by Crippen LogP contribution is -2.37. The van der Waals surface area contributed by atoms with Crippen molar-refractivity contribution in [3.05, 3.63) is 17.0 Å². The molecule has 0 aromatic carbocycles. The van der Waals surface area contributed by atoms with Gasteiger partial charge in [0.1, 0.15) is 4.21 Å². The van der Waals surface area contributed by atoms with E-state index in [0.717, 1.165) is 24.2 Å². The lowest BCUT2D eigenvalue weighted by atomic mass is 10.0. The molecule has 1 saturated heterocycles. The molecule has 0 unspecified atom stereocenters. The van der Waals surface area contributed by atoms with E-state index in [1.54, 1.807) is 6.07 Å². The SMILES string of the molecule is CC1CCN(S(=O)(=O)c2ccc(CC(=O)O)s2)CC1. The van der Waals surface area contributed by atoms with Gasteiger partial charge < -0.3 is 5.11 Å². The normalized spacial score (nSPS) is 18.6. The van der Waals surface area contributed by atoms with Gasteiger partial charge in [0.2, 0.25) is 0 Å². The summed E-state index contributed by atoms with van der Waals surface area (Å²) in [7, 11) is -3.44. The molecule has 0 spiro atoms. The van der Waals surface area contributed by atoms with Gasteiger partial charge in [0.25, 0.3) is 10.0 Å². The molecule has 0 saturated carbocycles. The number of thiophene rings is 1. The number of hydrogen-bond acceptors (Lipinski definition) is 4. The van der Waals surface area contributed by atoms with E-state index >= 15 is 0 Å². The van der Waals surface area contributed by atoms with Crippen LogP contribution in [0.1, 0.15) is 24.6 Å². The summed E-state index contributed by atoms with van der Waals surface area (Å²) in [5.41, 5.74) is 0. The van der Waals surface area contributed by atoms with Crippen molar-refractivity contribution in [1.29, 1.82) is 0 Å². The second kappa shape index (κ2) is 5.60. The molecule has 0 radical (unpaired) electrons. The molecule has 0 atom stereocenters. The van der Waals surface area contributed by atoms with Crippen LogP contribution in [-0.2, 0) is 21.2 Å². The van der Waals surface area contributed by atoms with Crippen LogP contribution in [-0.4, -0.2) is 36.9 Å². The summed E-state index contributed by atoms with van der Waals surface area (Å²) < 4.78 is 26.5. The zero-order chi connectivity index (χ0) is 14.0. The van der Waals surface area contributed by atoms with Crippen LogP contribution in [0.3, 0.4) is 0 Å². The number of hydrogen-bond donors (Lipinski definition) is 1. The highest BCUT2D eigenvalue weighted by Crippen LogP contribution is 2.28. The molecular formula is C12H17NO4S2. The smallest absolute Gasteiger partial charge is 0.308 e. The van der Waals surface area contributed by atoms with Crippen molar-refractivity contribution in [3.8, 4) is 0 Å². The number of rotatable bonds is 4. The van der Waals surface area contributed by atoms with Crippen molar-refractivity contribution in [2.45, 2.75) is 30.4 Å². The minimum Gasteiger partial charge on any atom is -0.481 e. The summed E-state index contributed by atoms with van der Waals surface area (Å²) >= 11 is 1.05. The lowest BCUT2D eigenvalue weighted by molar-refractivity contribution is -0.136. The van der Waals surface area contributed by atoms with Crippen molar-refractivity contribution in [1.82, 2.24) is 4.31 Å². The molecule has 5 nitrogen and oxygen atoms in total.